The average Bonchev–Trinajstić information content (AvgIpc) is 3.31. The highest BCUT2D eigenvalue weighted by atomic mass is 19.4. The third kappa shape index (κ3) is 3.34. The zero-order valence-corrected chi connectivity index (χ0v) is 14.6. The molecule has 2 aliphatic rings. The first-order chi connectivity index (χ1) is 12.8. The number of hydrogen-bond acceptors (Lipinski definition) is 3. The van der Waals surface area contributed by atoms with E-state index in [2.05, 4.69) is 5.10 Å². The van der Waals surface area contributed by atoms with Crippen LogP contribution in [0.1, 0.15) is 23.4 Å². The predicted octanol–water partition coefficient (Wildman–Crippen LogP) is 3.06. The topological polar surface area (TPSA) is 58.4 Å². The van der Waals surface area contributed by atoms with Crippen LogP contribution in [-0.2, 0) is 24.2 Å². The normalized spacial score (nSPS) is 22.9. The van der Waals surface area contributed by atoms with Crippen LogP contribution < -0.4 is 0 Å². The van der Waals surface area contributed by atoms with Gasteiger partial charge in [0.05, 0.1) is 23.2 Å². The smallest absolute Gasteiger partial charge is 0.393 e. The third-order valence-electron chi connectivity index (χ3n) is 5.52. The highest BCUT2D eigenvalue weighted by molar-refractivity contribution is 5.71. The number of likely N-dealkylation sites (tertiary alicyclic amines) is 1. The summed E-state index contributed by atoms with van der Waals surface area (Å²) in [4.78, 5) is 12.9. The Morgan fingerprint density at radius 1 is 1.19 bits per heavy atom. The largest absolute Gasteiger partial charge is 0.481 e. The molecule has 1 fully saturated rings. The van der Waals surface area contributed by atoms with Crippen LogP contribution in [0.3, 0.4) is 0 Å². The van der Waals surface area contributed by atoms with Gasteiger partial charge in [0.15, 0.2) is 0 Å². The van der Waals surface area contributed by atoms with Crippen molar-refractivity contribution in [1.29, 1.82) is 0 Å². The summed E-state index contributed by atoms with van der Waals surface area (Å²) in [6.07, 6.45) is -1.77. The van der Waals surface area contributed by atoms with Crippen molar-refractivity contribution >= 4 is 5.97 Å². The van der Waals surface area contributed by atoms with Crippen LogP contribution in [0.5, 0.6) is 0 Å². The second-order valence-corrected chi connectivity index (χ2v) is 7.26. The number of aliphatic carboxylic acids is 1. The minimum atomic E-state index is -4.51. The Morgan fingerprint density at radius 2 is 1.93 bits per heavy atom. The van der Waals surface area contributed by atoms with E-state index in [0.717, 1.165) is 41.9 Å². The molecule has 2 atom stereocenters. The fourth-order valence-electron chi connectivity index (χ4n) is 4.23. The van der Waals surface area contributed by atoms with Crippen molar-refractivity contribution in [2.75, 3.05) is 13.1 Å². The van der Waals surface area contributed by atoms with Crippen molar-refractivity contribution < 1.29 is 23.1 Å². The number of carboxylic acids is 1. The third-order valence-corrected chi connectivity index (χ3v) is 5.52. The number of halogens is 3. The van der Waals surface area contributed by atoms with Crippen LogP contribution in [0, 0.1) is 11.8 Å². The molecule has 1 aliphatic heterocycles. The lowest BCUT2D eigenvalue weighted by molar-refractivity contribution is -0.188. The van der Waals surface area contributed by atoms with Gasteiger partial charge in [0, 0.05) is 25.3 Å². The van der Waals surface area contributed by atoms with E-state index in [1.807, 2.05) is 35.0 Å². The van der Waals surface area contributed by atoms with Gasteiger partial charge < -0.3 is 5.11 Å². The molecule has 4 rings (SSSR count). The Bertz CT molecular complexity index is 848. The number of rotatable bonds is 4. The van der Waals surface area contributed by atoms with Crippen LogP contribution in [0.4, 0.5) is 13.2 Å². The predicted molar refractivity (Wildman–Crippen MR) is 91.5 cm³/mol. The fourth-order valence-corrected chi connectivity index (χ4v) is 4.23. The standard InChI is InChI=1S/C19H20F3N3O2/c20-19(21,22)15-10-24(9-14(15)18(26)27)11-16-13-7-4-8-17(13)25(23-16)12-5-2-1-3-6-12/h1-3,5-6,14-15H,4,7-11H2,(H,26,27)/t14-,15-/m1/s1. The van der Waals surface area contributed by atoms with Gasteiger partial charge in [-0.2, -0.15) is 18.3 Å². The van der Waals surface area contributed by atoms with E-state index in [0.29, 0.717) is 0 Å². The lowest BCUT2D eigenvalue weighted by Gasteiger charge is -2.18. The monoisotopic (exact) mass is 379 g/mol. The number of carbonyl (C=O) groups is 1. The Labute approximate surface area is 154 Å². The van der Waals surface area contributed by atoms with Gasteiger partial charge in [-0.1, -0.05) is 18.2 Å². The molecule has 0 bridgehead atoms. The molecule has 2 heterocycles. The molecular formula is C19H20F3N3O2. The molecule has 1 aromatic heterocycles. The zero-order chi connectivity index (χ0) is 19.2. The number of nitrogens with zero attached hydrogens (tertiary/aromatic N) is 3. The Kier molecular flexibility index (Phi) is 4.46. The van der Waals surface area contributed by atoms with Crippen molar-refractivity contribution in [3.8, 4) is 5.69 Å². The maximum absolute atomic E-state index is 13.2. The van der Waals surface area contributed by atoms with Crippen molar-refractivity contribution in [1.82, 2.24) is 14.7 Å². The number of benzene rings is 1. The molecule has 5 nitrogen and oxygen atoms in total. The summed E-state index contributed by atoms with van der Waals surface area (Å²) in [5.74, 6) is -4.65. The quantitative estimate of drug-likeness (QED) is 0.887. The molecule has 0 saturated carbocycles. The number of hydrogen-bond donors (Lipinski definition) is 1. The fraction of sp³-hybridized carbons (Fsp3) is 0.474. The minimum Gasteiger partial charge on any atom is -0.481 e. The molecule has 1 N–H and O–H groups in total. The van der Waals surface area contributed by atoms with E-state index < -0.39 is 24.0 Å². The Balaban J connectivity index is 1.60. The molecule has 8 heteroatoms. The first-order valence-electron chi connectivity index (χ1n) is 9.01. The molecule has 1 aliphatic carbocycles. The van der Waals surface area contributed by atoms with E-state index in [-0.39, 0.29) is 19.6 Å². The second-order valence-electron chi connectivity index (χ2n) is 7.26. The van der Waals surface area contributed by atoms with Gasteiger partial charge in [0.1, 0.15) is 0 Å². The molecule has 27 heavy (non-hydrogen) atoms. The van der Waals surface area contributed by atoms with Gasteiger partial charge in [0.2, 0.25) is 0 Å². The van der Waals surface area contributed by atoms with E-state index in [1.165, 1.54) is 0 Å². The minimum absolute atomic E-state index is 0.105. The first kappa shape index (κ1) is 18.0. The van der Waals surface area contributed by atoms with Gasteiger partial charge in [-0.05, 0) is 37.0 Å². The van der Waals surface area contributed by atoms with Crippen molar-refractivity contribution in [3.05, 3.63) is 47.3 Å². The number of fused-ring (bicyclic) bond motifs is 1. The molecule has 0 radical (unpaired) electrons. The van der Waals surface area contributed by atoms with Gasteiger partial charge in [0.25, 0.3) is 0 Å². The van der Waals surface area contributed by atoms with Gasteiger partial charge >= 0.3 is 12.1 Å². The molecule has 1 aromatic carbocycles. The van der Waals surface area contributed by atoms with Crippen molar-refractivity contribution in [3.63, 3.8) is 0 Å². The summed E-state index contributed by atoms with van der Waals surface area (Å²) >= 11 is 0. The van der Waals surface area contributed by atoms with Gasteiger partial charge in [-0.15, -0.1) is 0 Å². The van der Waals surface area contributed by atoms with Crippen molar-refractivity contribution in [2.24, 2.45) is 11.8 Å². The molecule has 2 aromatic rings. The Hall–Kier alpha value is -2.35. The maximum atomic E-state index is 13.2. The Morgan fingerprint density at radius 3 is 2.56 bits per heavy atom. The average molecular weight is 379 g/mol. The summed E-state index contributed by atoms with van der Waals surface area (Å²) in [7, 11) is 0. The van der Waals surface area contributed by atoms with E-state index in [1.54, 1.807) is 4.90 Å². The summed E-state index contributed by atoms with van der Waals surface area (Å²) in [5, 5.41) is 13.9. The molecule has 144 valence electrons. The highest BCUT2D eigenvalue weighted by Gasteiger charge is 2.52. The van der Waals surface area contributed by atoms with E-state index in [9.17, 15) is 23.1 Å². The SMILES string of the molecule is O=C(O)[C@@H]1CN(Cc2nn(-c3ccccc3)c3c2CCC3)C[C@H]1C(F)(F)F. The molecular weight excluding hydrogens is 359 g/mol. The van der Waals surface area contributed by atoms with Gasteiger partial charge in [-0.3, -0.25) is 9.69 Å². The lowest BCUT2D eigenvalue weighted by Crippen LogP contribution is -2.33. The van der Waals surface area contributed by atoms with Crippen LogP contribution in [0.25, 0.3) is 5.69 Å². The zero-order valence-electron chi connectivity index (χ0n) is 14.6. The number of para-hydroxylation sites is 1. The lowest BCUT2D eigenvalue weighted by atomic mass is 9.96. The first-order valence-corrected chi connectivity index (χ1v) is 9.01. The number of alkyl halides is 3. The highest BCUT2D eigenvalue weighted by Crippen LogP contribution is 2.39. The molecule has 0 spiro atoms. The van der Waals surface area contributed by atoms with Crippen LogP contribution in [-0.4, -0.2) is 45.0 Å². The molecule has 0 amide bonds. The summed E-state index contributed by atoms with van der Waals surface area (Å²) in [5.41, 5.74) is 3.90. The maximum Gasteiger partial charge on any atom is 0.393 e. The number of aromatic nitrogens is 2. The van der Waals surface area contributed by atoms with Crippen LogP contribution in [0.2, 0.25) is 0 Å². The summed E-state index contributed by atoms with van der Waals surface area (Å²) in [6, 6.07) is 9.66. The number of carboxylic acid groups (broad SMARTS) is 1. The molecule has 1 saturated heterocycles. The summed E-state index contributed by atoms with van der Waals surface area (Å²) < 4.78 is 41.5. The van der Waals surface area contributed by atoms with E-state index in [4.69, 9.17) is 0 Å². The van der Waals surface area contributed by atoms with Crippen molar-refractivity contribution in [2.45, 2.75) is 32.0 Å². The summed E-state index contributed by atoms with van der Waals surface area (Å²) in [6.45, 7) is -0.154. The van der Waals surface area contributed by atoms with Gasteiger partial charge in [-0.25, -0.2) is 4.68 Å². The second kappa shape index (κ2) is 6.67. The van der Waals surface area contributed by atoms with Crippen LogP contribution >= 0.6 is 0 Å². The molecule has 0 unspecified atom stereocenters. The van der Waals surface area contributed by atoms with E-state index >= 15 is 0 Å². The van der Waals surface area contributed by atoms with Crippen LogP contribution in [0.15, 0.2) is 30.3 Å².